The van der Waals surface area contributed by atoms with Crippen molar-refractivity contribution in [3.8, 4) is 10.6 Å². The van der Waals surface area contributed by atoms with Gasteiger partial charge in [-0.3, -0.25) is 9.48 Å². The Labute approximate surface area is 186 Å². The quantitative estimate of drug-likeness (QED) is 0.602. The zero-order chi connectivity index (χ0) is 22.1. The predicted molar refractivity (Wildman–Crippen MR) is 114 cm³/mol. The number of ether oxygens (including phenoxy) is 1. The van der Waals surface area contributed by atoms with Crippen molar-refractivity contribution in [1.82, 2.24) is 14.8 Å². The van der Waals surface area contributed by atoms with E-state index in [1.165, 1.54) is 17.6 Å². The van der Waals surface area contributed by atoms with E-state index in [4.69, 9.17) is 22.1 Å². The number of alkyl halides is 1. The summed E-state index contributed by atoms with van der Waals surface area (Å²) >= 11 is 6.97. The summed E-state index contributed by atoms with van der Waals surface area (Å²) in [4.78, 5) is 17.0. The number of aromatic nitrogens is 3. The summed E-state index contributed by atoms with van der Waals surface area (Å²) in [5.74, 6) is -1.07. The molecule has 1 amide bonds. The lowest BCUT2D eigenvalue weighted by Gasteiger charge is -2.17. The Hall–Kier alpha value is -2.40. The average molecular weight is 468 g/mol. The zero-order valence-corrected chi connectivity index (χ0v) is 18.1. The van der Waals surface area contributed by atoms with Crippen LogP contribution in [0.1, 0.15) is 35.1 Å². The number of thiazole rings is 1. The maximum Gasteiger partial charge on any atom is 0.275 e. The number of amides is 1. The number of hydrogen-bond acceptors (Lipinski definition) is 6. The number of benzene rings is 1. The summed E-state index contributed by atoms with van der Waals surface area (Å²) in [5, 5.41) is 8.83. The number of nitrogens with one attached hydrogen (secondary N) is 1. The molecular formula is C20H20ClF2N5O2S. The van der Waals surface area contributed by atoms with Crippen LogP contribution in [-0.2, 0) is 11.8 Å². The van der Waals surface area contributed by atoms with E-state index < -0.39 is 30.0 Å². The fourth-order valence-electron chi connectivity index (χ4n) is 3.44. The number of nitrogens with zero attached hydrogens (tertiary/aromatic N) is 3. The van der Waals surface area contributed by atoms with Gasteiger partial charge < -0.3 is 15.8 Å². The third-order valence-corrected chi connectivity index (χ3v) is 6.31. The van der Waals surface area contributed by atoms with E-state index in [1.54, 1.807) is 23.9 Å². The minimum atomic E-state index is -1.24. The molecule has 2 aromatic heterocycles. The third kappa shape index (κ3) is 4.47. The second-order valence-electron chi connectivity index (χ2n) is 7.24. The number of carbonyl (C=O) groups excluding carboxylic acids is 1. The Morgan fingerprint density at radius 1 is 1.42 bits per heavy atom. The monoisotopic (exact) mass is 467 g/mol. The number of rotatable bonds is 4. The van der Waals surface area contributed by atoms with Crippen molar-refractivity contribution in [1.29, 1.82) is 0 Å². The molecule has 1 aliphatic rings. The fourth-order valence-corrected chi connectivity index (χ4v) is 4.43. The number of aryl methyl sites for hydroxylation is 1. The first-order chi connectivity index (χ1) is 14.8. The van der Waals surface area contributed by atoms with Crippen LogP contribution in [0.15, 0.2) is 29.8 Å². The van der Waals surface area contributed by atoms with Gasteiger partial charge in [-0.05, 0) is 25.0 Å². The molecule has 3 aromatic rings. The molecule has 3 heterocycles. The van der Waals surface area contributed by atoms with Gasteiger partial charge in [0.15, 0.2) is 5.82 Å². The van der Waals surface area contributed by atoms with E-state index in [9.17, 15) is 13.6 Å². The van der Waals surface area contributed by atoms with Gasteiger partial charge in [-0.25, -0.2) is 13.8 Å². The van der Waals surface area contributed by atoms with Gasteiger partial charge in [0.1, 0.15) is 23.0 Å². The molecule has 0 spiro atoms. The molecule has 31 heavy (non-hydrogen) atoms. The Kier molecular flexibility index (Phi) is 6.33. The standard InChI is InChI=1S/C20H20ClF2N5O2S/c1-28-18(16-6-5-13(24)12(22)8-30-16)14(7-25-28)26-19(29)15-9-31-20(27-15)10-3-2-4-11(21)17(10)23/h2-4,7,9,12-13,16H,5-6,8,24H2,1H3,(H,26,29). The fraction of sp³-hybridized carbons (Fsp3) is 0.350. The van der Waals surface area contributed by atoms with Crippen LogP contribution in [0.3, 0.4) is 0 Å². The number of carbonyl (C=O) groups is 1. The van der Waals surface area contributed by atoms with E-state index in [0.29, 0.717) is 29.2 Å². The van der Waals surface area contributed by atoms with Crippen molar-refractivity contribution in [3.63, 3.8) is 0 Å². The highest BCUT2D eigenvalue weighted by atomic mass is 35.5. The normalized spacial score (nSPS) is 21.6. The second-order valence-corrected chi connectivity index (χ2v) is 8.50. The second kappa shape index (κ2) is 8.99. The van der Waals surface area contributed by atoms with Crippen LogP contribution in [0.5, 0.6) is 0 Å². The maximum atomic E-state index is 14.3. The number of anilines is 1. The highest BCUT2D eigenvalue weighted by Crippen LogP contribution is 2.33. The molecule has 0 bridgehead atoms. The molecule has 1 fully saturated rings. The Balaban J connectivity index is 1.54. The summed E-state index contributed by atoms with van der Waals surface area (Å²) in [6.07, 6.45) is 0.750. The lowest BCUT2D eigenvalue weighted by molar-refractivity contribution is 0.0247. The van der Waals surface area contributed by atoms with Crippen LogP contribution in [0.2, 0.25) is 5.02 Å². The molecule has 11 heteroatoms. The van der Waals surface area contributed by atoms with Gasteiger partial charge in [0, 0.05) is 24.0 Å². The van der Waals surface area contributed by atoms with Crippen LogP contribution >= 0.6 is 22.9 Å². The molecule has 0 saturated carbocycles. The summed E-state index contributed by atoms with van der Waals surface area (Å²) in [5.41, 5.74) is 7.21. The van der Waals surface area contributed by atoms with E-state index >= 15 is 0 Å². The van der Waals surface area contributed by atoms with Crippen molar-refractivity contribution < 1.29 is 18.3 Å². The van der Waals surface area contributed by atoms with Crippen molar-refractivity contribution in [2.24, 2.45) is 12.8 Å². The molecular weight excluding hydrogens is 448 g/mol. The molecule has 0 aliphatic carbocycles. The third-order valence-electron chi connectivity index (χ3n) is 5.14. The highest BCUT2D eigenvalue weighted by molar-refractivity contribution is 7.13. The lowest BCUT2D eigenvalue weighted by Crippen LogP contribution is -2.32. The molecule has 164 valence electrons. The summed E-state index contributed by atoms with van der Waals surface area (Å²) in [6, 6.07) is 4.02. The molecule has 1 saturated heterocycles. The molecule has 3 unspecified atom stereocenters. The Morgan fingerprint density at radius 2 is 2.23 bits per heavy atom. The van der Waals surface area contributed by atoms with Gasteiger partial charge in [-0.15, -0.1) is 11.3 Å². The minimum absolute atomic E-state index is 0.0164. The van der Waals surface area contributed by atoms with E-state index in [2.05, 4.69) is 15.4 Å². The van der Waals surface area contributed by atoms with Crippen LogP contribution in [-0.4, -0.2) is 39.5 Å². The maximum absolute atomic E-state index is 14.3. The first kappa shape index (κ1) is 21.8. The molecule has 1 aliphatic heterocycles. The molecule has 0 radical (unpaired) electrons. The van der Waals surface area contributed by atoms with E-state index in [0.717, 1.165) is 11.3 Å². The van der Waals surface area contributed by atoms with Gasteiger partial charge in [-0.2, -0.15) is 5.10 Å². The molecule has 3 N–H and O–H groups in total. The van der Waals surface area contributed by atoms with Crippen molar-refractivity contribution in [3.05, 3.63) is 52.0 Å². The van der Waals surface area contributed by atoms with E-state index in [-0.39, 0.29) is 22.9 Å². The van der Waals surface area contributed by atoms with Crippen molar-refractivity contribution >= 4 is 34.5 Å². The first-order valence-corrected chi connectivity index (χ1v) is 10.8. The van der Waals surface area contributed by atoms with Crippen LogP contribution in [0.25, 0.3) is 10.6 Å². The smallest absolute Gasteiger partial charge is 0.275 e. The topological polar surface area (TPSA) is 95.1 Å². The number of nitrogens with two attached hydrogens (primary N) is 1. The van der Waals surface area contributed by atoms with Gasteiger partial charge in [-0.1, -0.05) is 17.7 Å². The minimum Gasteiger partial charge on any atom is -0.369 e. The first-order valence-electron chi connectivity index (χ1n) is 9.59. The van der Waals surface area contributed by atoms with Gasteiger partial charge in [0.25, 0.3) is 5.91 Å². The van der Waals surface area contributed by atoms with E-state index in [1.807, 2.05) is 0 Å². The number of hydrogen-bond donors (Lipinski definition) is 2. The van der Waals surface area contributed by atoms with Gasteiger partial charge in [0.05, 0.1) is 29.2 Å². The molecule has 7 nitrogen and oxygen atoms in total. The average Bonchev–Trinajstić information content (AvgIpc) is 3.33. The summed E-state index contributed by atoms with van der Waals surface area (Å²) < 4.78 is 35.4. The van der Waals surface area contributed by atoms with Gasteiger partial charge >= 0.3 is 0 Å². The summed E-state index contributed by atoms with van der Waals surface area (Å²) in [7, 11) is 1.72. The molecule has 4 rings (SSSR count). The Morgan fingerprint density at radius 3 is 3.03 bits per heavy atom. The summed E-state index contributed by atoms with van der Waals surface area (Å²) in [6.45, 7) is -0.120. The van der Waals surface area contributed by atoms with Crippen molar-refractivity contribution in [2.75, 3.05) is 11.9 Å². The van der Waals surface area contributed by atoms with Crippen LogP contribution < -0.4 is 11.1 Å². The zero-order valence-electron chi connectivity index (χ0n) is 16.5. The molecule has 1 aromatic carbocycles. The van der Waals surface area contributed by atoms with Crippen LogP contribution in [0.4, 0.5) is 14.5 Å². The SMILES string of the molecule is Cn1ncc(NC(=O)c2csc(-c3cccc(Cl)c3F)n2)c1C1CCC(N)C(F)CO1. The highest BCUT2D eigenvalue weighted by Gasteiger charge is 2.30. The van der Waals surface area contributed by atoms with Gasteiger partial charge in [0.2, 0.25) is 0 Å². The van der Waals surface area contributed by atoms with Crippen molar-refractivity contribution in [2.45, 2.75) is 31.2 Å². The molecule has 3 atom stereocenters. The predicted octanol–water partition coefficient (Wildman–Crippen LogP) is 4.11. The largest absolute Gasteiger partial charge is 0.369 e. The van der Waals surface area contributed by atoms with Crippen LogP contribution in [0, 0.1) is 5.82 Å². The lowest BCUT2D eigenvalue weighted by atomic mass is 10.0. The number of halogens is 3. The Bertz CT molecular complexity index is 1090.